The number of aromatic hydroxyl groups is 1. The van der Waals surface area contributed by atoms with Crippen molar-refractivity contribution < 1.29 is 23.1 Å². The summed E-state index contributed by atoms with van der Waals surface area (Å²) in [7, 11) is 0. The summed E-state index contributed by atoms with van der Waals surface area (Å²) in [5, 5.41) is 9.81. The molecule has 0 unspecified atom stereocenters. The molecular formula is C22H24F3N5O3. The largest absolute Gasteiger partial charge is 0.506 e. The van der Waals surface area contributed by atoms with Gasteiger partial charge in [-0.1, -0.05) is 18.7 Å². The molecule has 2 aromatic heterocycles. The molecule has 176 valence electrons. The lowest BCUT2D eigenvalue weighted by Gasteiger charge is -2.19. The standard InChI is InChI=1S/C15H11F3N4O2.C7H13NO/c1-7-3-2-4-9(23)12(7)22-10(15(16,17)18)5-8-11(14(22)24)20-6-21-13(8)19;1-4-7(9)8(5-2)6-3/h2-6,23H,1H3,(H2,19,20,21);4H,1,5-6H2,2-3H3. The van der Waals surface area contributed by atoms with E-state index in [0.29, 0.717) is 16.2 Å². The molecule has 0 aliphatic heterocycles. The number of para-hydroxylation sites is 1. The molecule has 3 aromatic rings. The van der Waals surface area contributed by atoms with E-state index in [0.717, 1.165) is 19.4 Å². The van der Waals surface area contributed by atoms with Crippen molar-refractivity contribution in [2.75, 3.05) is 18.8 Å². The molecule has 2 heterocycles. The highest BCUT2D eigenvalue weighted by molar-refractivity contribution is 5.88. The summed E-state index contributed by atoms with van der Waals surface area (Å²) in [6.07, 6.45) is -2.52. The van der Waals surface area contributed by atoms with Crippen LogP contribution >= 0.6 is 0 Å². The van der Waals surface area contributed by atoms with Gasteiger partial charge in [-0.2, -0.15) is 13.2 Å². The summed E-state index contributed by atoms with van der Waals surface area (Å²) >= 11 is 0. The lowest BCUT2D eigenvalue weighted by molar-refractivity contribution is -0.142. The molecule has 0 atom stereocenters. The summed E-state index contributed by atoms with van der Waals surface area (Å²) in [4.78, 5) is 32.5. The van der Waals surface area contributed by atoms with Crippen molar-refractivity contribution in [2.45, 2.75) is 26.9 Å². The summed E-state index contributed by atoms with van der Waals surface area (Å²) < 4.78 is 40.9. The molecule has 1 amide bonds. The lowest BCUT2D eigenvalue weighted by atomic mass is 10.1. The number of pyridine rings is 1. The maximum atomic E-state index is 13.5. The van der Waals surface area contributed by atoms with Gasteiger partial charge in [-0.05, 0) is 44.5 Å². The number of rotatable bonds is 4. The third-order valence-electron chi connectivity index (χ3n) is 4.82. The third kappa shape index (κ3) is 5.30. The van der Waals surface area contributed by atoms with Crippen LogP contribution in [0.5, 0.6) is 5.75 Å². The van der Waals surface area contributed by atoms with Crippen molar-refractivity contribution in [1.82, 2.24) is 19.4 Å². The molecule has 0 aliphatic rings. The van der Waals surface area contributed by atoms with Crippen LogP contribution in [0, 0.1) is 6.92 Å². The average molecular weight is 463 g/mol. The van der Waals surface area contributed by atoms with Gasteiger partial charge in [0, 0.05) is 13.1 Å². The molecule has 3 N–H and O–H groups in total. The van der Waals surface area contributed by atoms with Crippen molar-refractivity contribution in [1.29, 1.82) is 0 Å². The van der Waals surface area contributed by atoms with Crippen LogP contribution in [0.15, 0.2) is 48.0 Å². The number of amides is 1. The molecule has 1 aromatic carbocycles. The molecule has 0 aliphatic carbocycles. The number of alkyl halides is 3. The van der Waals surface area contributed by atoms with Gasteiger partial charge in [-0.25, -0.2) is 9.97 Å². The number of hydrogen-bond donors (Lipinski definition) is 2. The summed E-state index contributed by atoms with van der Waals surface area (Å²) in [5.41, 5.74) is 3.03. The van der Waals surface area contributed by atoms with Gasteiger partial charge < -0.3 is 15.7 Å². The van der Waals surface area contributed by atoms with Crippen LogP contribution < -0.4 is 11.3 Å². The number of anilines is 1. The number of aromatic nitrogens is 3. The quantitative estimate of drug-likeness (QED) is 0.573. The third-order valence-corrected chi connectivity index (χ3v) is 4.82. The number of benzene rings is 1. The molecule has 33 heavy (non-hydrogen) atoms. The van der Waals surface area contributed by atoms with Crippen LogP contribution in [0.1, 0.15) is 25.1 Å². The van der Waals surface area contributed by atoms with Crippen LogP contribution in [0.25, 0.3) is 16.6 Å². The number of nitrogens with zero attached hydrogens (tertiary/aromatic N) is 4. The highest BCUT2D eigenvalue weighted by Gasteiger charge is 2.37. The Kier molecular flexibility index (Phi) is 7.81. The summed E-state index contributed by atoms with van der Waals surface area (Å²) in [5.74, 6) is -0.673. The summed E-state index contributed by atoms with van der Waals surface area (Å²) in [6.45, 7) is 10.3. The number of carbonyl (C=O) groups is 1. The lowest BCUT2D eigenvalue weighted by Crippen LogP contribution is -2.28. The van der Waals surface area contributed by atoms with E-state index in [1.807, 2.05) is 13.8 Å². The number of phenols is 1. The van der Waals surface area contributed by atoms with Crippen LogP contribution in [0.4, 0.5) is 19.0 Å². The Balaban J connectivity index is 0.000000365. The van der Waals surface area contributed by atoms with Gasteiger partial charge in [0.15, 0.2) is 0 Å². The Bertz CT molecular complexity index is 1210. The van der Waals surface area contributed by atoms with Gasteiger partial charge in [0.1, 0.15) is 29.1 Å². The molecule has 0 radical (unpaired) electrons. The molecule has 0 saturated heterocycles. The zero-order valence-electron chi connectivity index (χ0n) is 18.3. The van der Waals surface area contributed by atoms with Crippen LogP contribution in [0.2, 0.25) is 0 Å². The van der Waals surface area contributed by atoms with Crippen LogP contribution in [0.3, 0.4) is 0 Å². The Hall–Kier alpha value is -3.89. The number of hydrogen-bond acceptors (Lipinski definition) is 6. The first-order valence-electron chi connectivity index (χ1n) is 9.91. The number of nitrogens with two attached hydrogens (primary N) is 1. The van der Waals surface area contributed by atoms with Gasteiger partial charge in [0.25, 0.3) is 5.56 Å². The zero-order chi connectivity index (χ0) is 24.9. The highest BCUT2D eigenvalue weighted by atomic mass is 19.4. The smallest absolute Gasteiger partial charge is 0.431 e. The molecule has 11 heteroatoms. The molecule has 8 nitrogen and oxygen atoms in total. The van der Waals surface area contributed by atoms with Crippen molar-refractivity contribution in [3.63, 3.8) is 0 Å². The van der Waals surface area contributed by atoms with Crippen molar-refractivity contribution in [2.24, 2.45) is 0 Å². The fourth-order valence-electron chi connectivity index (χ4n) is 3.17. The molecule has 0 spiro atoms. The minimum absolute atomic E-state index is 0.0139. The second-order valence-electron chi connectivity index (χ2n) is 6.85. The predicted octanol–water partition coefficient (Wildman–Crippen LogP) is 3.44. The van der Waals surface area contributed by atoms with E-state index in [1.54, 1.807) is 4.90 Å². The van der Waals surface area contributed by atoms with Crippen LogP contribution in [-0.4, -0.2) is 43.5 Å². The number of likely N-dealkylation sites (N-methyl/N-ethyl adjacent to an activating group) is 1. The monoisotopic (exact) mass is 463 g/mol. The SMILES string of the molecule is C=CC(=O)N(CC)CC.Cc1cccc(O)c1-n1c(C(F)(F)F)cc2c(N)ncnc2c1=O. The van der Waals surface area contributed by atoms with Gasteiger partial charge in [0.05, 0.1) is 11.1 Å². The molecular weight excluding hydrogens is 439 g/mol. The van der Waals surface area contributed by atoms with E-state index in [-0.39, 0.29) is 28.3 Å². The van der Waals surface area contributed by atoms with E-state index < -0.39 is 23.2 Å². The van der Waals surface area contributed by atoms with Gasteiger partial charge in [-0.15, -0.1) is 0 Å². The van der Waals surface area contributed by atoms with E-state index >= 15 is 0 Å². The van der Waals surface area contributed by atoms with E-state index in [9.17, 15) is 27.9 Å². The van der Waals surface area contributed by atoms with Crippen molar-refractivity contribution in [3.8, 4) is 11.4 Å². The number of aryl methyl sites for hydroxylation is 1. The number of carbonyl (C=O) groups excluding carboxylic acids is 1. The fourth-order valence-corrected chi connectivity index (χ4v) is 3.17. The molecule has 0 bridgehead atoms. The minimum atomic E-state index is -4.86. The predicted molar refractivity (Wildman–Crippen MR) is 119 cm³/mol. The Labute approximate surface area is 187 Å². The average Bonchev–Trinajstić information content (AvgIpc) is 2.75. The van der Waals surface area contributed by atoms with Crippen molar-refractivity contribution >= 4 is 22.6 Å². The maximum absolute atomic E-state index is 13.5. The topological polar surface area (TPSA) is 114 Å². The highest BCUT2D eigenvalue weighted by Crippen LogP contribution is 2.35. The first kappa shape index (κ1) is 25.4. The van der Waals surface area contributed by atoms with Gasteiger partial charge in [0.2, 0.25) is 5.91 Å². The maximum Gasteiger partial charge on any atom is 0.431 e. The van der Waals surface area contributed by atoms with E-state index in [4.69, 9.17) is 5.73 Å². The number of nitrogen functional groups attached to an aromatic ring is 1. The van der Waals surface area contributed by atoms with Gasteiger partial charge in [-0.3, -0.25) is 14.2 Å². The first-order chi connectivity index (χ1) is 15.5. The summed E-state index contributed by atoms with van der Waals surface area (Å²) in [6, 6.07) is 4.86. The first-order valence-corrected chi connectivity index (χ1v) is 9.91. The Morgan fingerprint density at radius 1 is 1.27 bits per heavy atom. The number of fused-ring (bicyclic) bond motifs is 1. The second-order valence-corrected chi connectivity index (χ2v) is 6.85. The Morgan fingerprint density at radius 3 is 2.39 bits per heavy atom. The number of halogens is 3. The normalized spacial score (nSPS) is 11.0. The minimum Gasteiger partial charge on any atom is -0.506 e. The van der Waals surface area contributed by atoms with E-state index in [1.165, 1.54) is 31.2 Å². The zero-order valence-corrected chi connectivity index (χ0v) is 18.3. The van der Waals surface area contributed by atoms with Crippen molar-refractivity contribution in [3.05, 3.63) is 64.9 Å². The number of phenolic OH excluding ortho intramolecular Hbond substituents is 1. The molecule has 3 rings (SSSR count). The van der Waals surface area contributed by atoms with Gasteiger partial charge >= 0.3 is 6.18 Å². The fraction of sp³-hybridized carbons (Fsp3) is 0.273. The Morgan fingerprint density at radius 2 is 1.91 bits per heavy atom. The van der Waals surface area contributed by atoms with E-state index in [2.05, 4.69) is 16.5 Å². The molecule has 0 saturated carbocycles. The second kappa shape index (κ2) is 10.2. The molecule has 0 fully saturated rings. The van der Waals surface area contributed by atoms with Crippen LogP contribution in [-0.2, 0) is 11.0 Å².